The summed E-state index contributed by atoms with van der Waals surface area (Å²) in [5.74, 6) is -1.14. The zero-order valence-corrected chi connectivity index (χ0v) is 5.78. The molecule has 0 amide bonds. The highest BCUT2D eigenvalue weighted by Crippen LogP contribution is 1.98. The Morgan fingerprint density at radius 3 is 2.27 bits per heavy atom. The Morgan fingerprint density at radius 1 is 1.36 bits per heavy atom. The van der Waals surface area contributed by atoms with Crippen molar-refractivity contribution >= 4 is 5.97 Å². The Kier molecular flexibility index (Phi) is 3.51. The van der Waals surface area contributed by atoms with E-state index in [9.17, 15) is 9.70 Å². The van der Waals surface area contributed by atoms with Crippen LogP contribution in [-0.2, 0) is 4.79 Å². The Hall–Kier alpha value is -1.71. The highest BCUT2D eigenvalue weighted by molar-refractivity contribution is 5.89. The number of allylic oxidation sites excluding steroid dienone is 1. The molecule has 0 bridgehead atoms. The summed E-state index contributed by atoms with van der Waals surface area (Å²) in [5, 5.41) is 10.7. The van der Waals surface area contributed by atoms with Crippen LogP contribution in [0.3, 0.4) is 0 Å². The van der Waals surface area contributed by atoms with Crippen LogP contribution in [0, 0.1) is 4.91 Å². The van der Waals surface area contributed by atoms with Gasteiger partial charge in [-0.25, -0.2) is 4.79 Å². The lowest BCUT2D eigenvalue weighted by Crippen LogP contribution is -1.94. The molecule has 0 aliphatic heterocycles. The average molecular weight is 153 g/mol. The van der Waals surface area contributed by atoms with E-state index >= 15 is 0 Å². The van der Waals surface area contributed by atoms with Crippen LogP contribution in [0.2, 0.25) is 0 Å². The molecule has 0 fully saturated rings. The molecular formula is C7H7NO3. The second-order valence-corrected chi connectivity index (χ2v) is 1.75. The lowest BCUT2D eigenvalue weighted by Gasteiger charge is -1.87. The minimum atomic E-state index is -1.14. The first-order chi connectivity index (χ1) is 5.07. The summed E-state index contributed by atoms with van der Waals surface area (Å²) in [4.78, 5) is 19.8. The maximum Gasteiger partial charge on any atom is 0.335 e. The van der Waals surface area contributed by atoms with Crippen molar-refractivity contribution in [3.8, 4) is 0 Å². The van der Waals surface area contributed by atoms with Gasteiger partial charge in [0, 0.05) is 0 Å². The third kappa shape index (κ3) is 3.80. The smallest absolute Gasteiger partial charge is 0.335 e. The summed E-state index contributed by atoms with van der Waals surface area (Å²) < 4.78 is 0. The van der Waals surface area contributed by atoms with Gasteiger partial charge in [-0.1, -0.05) is 13.2 Å². The molecule has 58 valence electrons. The number of aliphatic carboxylic acids is 1. The molecule has 0 radical (unpaired) electrons. The molecule has 0 rings (SSSR count). The lowest BCUT2D eigenvalue weighted by molar-refractivity contribution is -0.132. The first kappa shape index (κ1) is 9.29. The average Bonchev–Trinajstić information content (AvgIpc) is 1.99. The molecule has 0 heterocycles. The van der Waals surface area contributed by atoms with Crippen LogP contribution in [0.25, 0.3) is 0 Å². The van der Waals surface area contributed by atoms with Gasteiger partial charge in [0.05, 0.1) is 5.57 Å². The number of carboxylic acids is 1. The molecular weight excluding hydrogens is 146 g/mol. The Labute approximate surface area is 63.5 Å². The maximum absolute atomic E-state index is 10.1. The molecule has 0 aliphatic rings. The van der Waals surface area contributed by atoms with E-state index in [4.69, 9.17) is 5.11 Å². The van der Waals surface area contributed by atoms with Gasteiger partial charge in [-0.2, -0.15) is 0 Å². The second kappa shape index (κ2) is 4.16. The van der Waals surface area contributed by atoms with Gasteiger partial charge in [0.25, 0.3) is 0 Å². The number of nitroso groups, excluding NO2 is 1. The van der Waals surface area contributed by atoms with E-state index in [2.05, 4.69) is 18.3 Å². The minimum absolute atomic E-state index is 0.0348. The fourth-order valence-corrected chi connectivity index (χ4v) is 0.299. The minimum Gasteiger partial charge on any atom is -0.478 e. The van der Waals surface area contributed by atoms with Gasteiger partial charge < -0.3 is 5.11 Å². The Bertz CT molecular complexity index is 240. The number of carbonyl (C=O) groups is 1. The van der Waals surface area contributed by atoms with Crippen LogP contribution < -0.4 is 0 Å². The molecule has 0 saturated carbocycles. The Morgan fingerprint density at radius 2 is 1.91 bits per heavy atom. The van der Waals surface area contributed by atoms with E-state index in [1.165, 1.54) is 6.08 Å². The van der Waals surface area contributed by atoms with E-state index in [1.807, 2.05) is 0 Å². The summed E-state index contributed by atoms with van der Waals surface area (Å²) in [7, 11) is 0. The SMILES string of the molecule is C=C(/C=C\C(=C)C(=O)O)N=O. The molecule has 0 aromatic heterocycles. The van der Waals surface area contributed by atoms with Gasteiger partial charge in [-0.15, -0.1) is 4.91 Å². The fourth-order valence-electron chi connectivity index (χ4n) is 0.299. The summed E-state index contributed by atoms with van der Waals surface area (Å²) >= 11 is 0. The first-order valence-electron chi connectivity index (χ1n) is 2.70. The molecule has 0 aromatic rings. The Balaban J connectivity index is 4.14. The molecule has 1 N–H and O–H groups in total. The molecule has 0 saturated heterocycles. The van der Waals surface area contributed by atoms with Crippen LogP contribution in [0.4, 0.5) is 0 Å². The highest BCUT2D eigenvalue weighted by atomic mass is 16.4. The van der Waals surface area contributed by atoms with Crippen LogP contribution >= 0.6 is 0 Å². The van der Waals surface area contributed by atoms with Crippen LogP contribution in [0.5, 0.6) is 0 Å². The van der Waals surface area contributed by atoms with E-state index in [1.54, 1.807) is 0 Å². The predicted molar refractivity (Wildman–Crippen MR) is 40.9 cm³/mol. The van der Waals surface area contributed by atoms with E-state index < -0.39 is 5.97 Å². The van der Waals surface area contributed by atoms with Crippen molar-refractivity contribution in [3.05, 3.63) is 41.5 Å². The van der Waals surface area contributed by atoms with Gasteiger partial charge in [0.1, 0.15) is 5.70 Å². The summed E-state index contributed by atoms with van der Waals surface area (Å²) in [6.07, 6.45) is 2.34. The molecule has 4 heteroatoms. The normalized spacial score (nSPS) is 9.45. The third-order valence-electron chi connectivity index (χ3n) is 0.869. The number of carboxylic acid groups (broad SMARTS) is 1. The van der Waals surface area contributed by atoms with Crippen molar-refractivity contribution in [2.24, 2.45) is 5.18 Å². The molecule has 4 nitrogen and oxygen atoms in total. The molecule has 0 unspecified atom stereocenters. The summed E-state index contributed by atoms with van der Waals surface area (Å²) in [6, 6.07) is 0. The topological polar surface area (TPSA) is 66.7 Å². The first-order valence-corrected chi connectivity index (χ1v) is 2.70. The van der Waals surface area contributed by atoms with E-state index in [0.29, 0.717) is 0 Å². The fraction of sp³-hybridized carbons (Fsp3) is 0. The van der Waals surface area contributed by atoms with Gasteiger partial charge in [0.2, 0.25) is 0 Å². The van der Waals surface area contributed by atoms with Crippen molar-refractivity contribution in [3.63, 3.8) is 0 Å². The largest absolute Gasteiger partial charge is 0.478 e. The zero-order valence-electron chi connectivity index (χ0n) is 5.78. The molecule has 0 aliphatic carbocycles. The number of rotatable bonds is 4. The van der Waals surface area contributed by atoms with E-state index in [-0.39, 0.29) is 11.3 Å². The van der Waals surface area contributed by atoms with Crippen molar-refractivity contribution in [2.75, 3.05) is 0 Å². The molecule has 0 spiro atoms. The van der Waals surface area contributed by atoms with Gasteiger partial charge in [-0.3, -0.25) is 0 Å². The quantitative estimate of drug-likeness (QED) is 0.377. The van der Waals surface area contributed by atoms with Gasteiger partial charge >= 0.3 is 5.97 Å². The monoisotopic (exact) mass is 153 g/mol. The third-order valence-corrected chi connectivity index (χ3v) is 0.869. The number of nitrogens with zero attached hydrogens (tertiary/aromatic N) is 1. The van der Waals surface area contributed by atoms with Gasteiger partial charge in [0.15, 0.2) is 0 Å². The zero-order chi connectivity index (χ0) is 8.85. The van der Waals surface area contributed by atoms with Crippen molar-refractivity contribution in [1.82, 2.24) is 0 Å². The van der Waals surface area contributed by atoms with Crippen LogP contribution in [-0.4, -0.2) is 11.1 Å². The lowest BCUT2D eigenvalue weighted by atomic mass is 10.2. The highest BCUT2D eigenvalue weighted by Gasteiger charge is 1.97. The van der Waals surface area contributed by atoms with Crippen LogP contribution in [0.1, 0.15) is 0 Å². The summed E-state index contributed by atoms with van der Waals surface area (Å²) in [6.45, 7) is 6.39. The van der Waals surface area contributed by atoms with E-state index in [0.717, 1.165) is 6.08 Å². The maximum atomic E-state index is 10.1. The van der Waals surface area contributed by atoms with Crippen molar-refractivity contribution in [2.45, 2.75) is 0 Å². The predicted octanol–water partition coefficient (Wildman–Crippen LogP) is 1.46. The standard InChI is InChI=1S/C7H7NO3/c1-5(7(9)10)3-4-6(2)8-11/h3-4H,1-2H2,(H,9,10)/b4-3-. The van der Waals surface area contributed by atoms with Crippen molar-refractivity contribution < 1.29 is 9.90 Å². The number of hydrogen-bond donors (Lipinski definition) is 1. The number of hydrogen-bond acceptors (Lipinski definition) is 3. The molecule has 0 aromatic carbocycles. The van der Waals surface area contributed by atoms with Gasteiger partial charge in [-0.05, 0) is 17.3 Å². The van der Waals surface area contributed by atoms with Crippen LogP contribution in [0.15, 0.2) is 41.8 Å². The second-order valence-electron chi connectivity index (χ2n) is 1.75. The molecule has 0 atom stereocenters. The summed E-state index contributed by atoms with van der Waals surface area (Å²) in [5.41, 5.74) is -0.151. The molecule has 11 heavy (non-hydrogen) atoms. The van der Waals surface area contributed by atoms with Crippen molar-refractivity contribution in [1.29, 1.82) is 0 Å².